The lowest BCUT2D eigenvalue weighted by molar-refractivity contribution is 0.0915. The summed E-state index contributed by atoms with van der Waals surface area (Å²) in [5, 5.41) is 17.6. The van der Waals surface area contributed by atoms with Gasteiger partial charge in [-0.3, -0.25) is 9.48 Å². The molecule has 1 amide bonds. The van der Waals surface area contributed by atoms with Gasteiger partial charge in [0.2, 0.25) is 0 Å². The lowest BCUT2D eigenvalue weighted by atomic mass is 10.1. The van der Waals surface area contributed by atoms with E-state index in [1.165, 1.54) is 0 Å². The molecule has 0 aliphatic rings. The van der Waals surface area contributed by atoms with Crippen LogP contribution in [0.15, 0.2) is 30.5 Å². The molecule has 2 N–H and O–H groups in total. The molecule has 0 bridgehead atoms. The third-order valence-electron chi connectivity index (χ3n) is 3.49. The van der Waals surface area contributed by atoms with E-state index in [-0.39, 0.29) is 18.5 Å². The molecule has 0 radical (unpaired) electrons. The molecule has 1 aromatic carbocycles. The first-order chi connectivity index (χ1) is 10.4. The molecule has 6 heteroatoms. The fourth-order valence-corrected chi connectivity index (χ4v) is 2.38. The molecule has 22 heavy (non-hydrogen) atoms. The van der Waals surface area contributed by atoms with Crippen molar-refractivity contribution in [3.05, 3.63) is 52.3 Å². The van der Waals surface area contributed by atoms with Crippen LogP contribution in [0.2, 0.25) is 5.02 Å². The van der Waals surface area contributed by atoms with Gasteiger partial charge in [0.1, 0.15) is 0 Å². The third kappa shape index (κ3) is 3.67. The second kappa shape index (κ2) is 6.94. The Morgan fingerprint density at radius 2 is 2.00 bits per heavy atom. The summed E-state index contributed by atoms with van der Waals surface area (Å²) in [4.78, 5) is 12.2. The molecular formula is C16H20ClN3O2. The Hall–Kier alpha value is -1.85. The highest BCUT2D eigenvalue weighted by Gasteiger charge is 2.16. The standard InChI is InChI=1S/C16H20ClN3O2/c1-10(2)20-11(3)14(8-19-20)16(22)18-9-15(21)12-4-6-13(17)7-5-12/h4-8,10,15,21H,9H2,1-3H3,(H,18,22)/t15-/m1/s1. The predicted octanol–water partition coefficient (Wildman–Crippen LogP) is 2.89. The van der Waals surface area contributed by atoms with Gasteiger partial charge in [0.25, 0.3) is 5.91 Å². The fraction of sp³-hybridized carbons (Fsp3) is 0.375. The van der Waals surface area contributed by atoms with Crippen LogP contribution in [0.4, 0.5) is 0 Å². The number of amides is 1. The van der Waals surface area contributed by atoms with Crippen LogP contribution < -0.4 is 5.32 Å². The molecule has 0 saturated heterocycles. The maximum absolute atomic E-state index is 12.2. The van der Waals surface area contributed by atoms with Crippen LogP contribution >= 0.6 is 11.6 Å². The van der Waals surface area contributed by atoms with Gasteiger partial charge in [-0.2, -0.15) is 5.10 Å². The van der Waals surface area contributed by atoms with Gasteiger partial charge < -0.3 is 10.4 Å². The minimum atomic E-state index is -0.776. The monoisotopic (exact) mass is 321 g/mol. The van der Waals surface area contributed by atoms with E-state index in [1.807, 2.05) is 20.8 Å². The van der Waals surface area contributed by atoms with Crippen LogP contribution in [-0.4, -0.2) is 27.3 Å². The van der Waals surface area contributed by atoms with Gasteiger partial charge in [-0.1, -0.05) is 23.7 Å². The maximum atomic E-state index is 12.2. The number of aromatic nitrogens is 2. The fourth-order valence-electron chi connectivity index (χ4n) is 2.25. The Balaban J connectivity index is 1.99. The summed E-state index contributed by atoms with van der Waals surface area (Å²) >= 11 is 5.81. The maximum Gasteiger partial charge on any atom is 0.254 e. The van der Waals surface area contributed by atoms with Crippen molar-refractivity contribution in [1.82, 2.24) is 15.1 Å². The van der Waals surface area contributed by atoms with Crippen LogP contribution in [0.3, 0.4) is 0 Å². The Morgan fingerprint density at radius 3 is 2.55 bits per heavy atom. The van der Waals surface area contributed by atoms with E-state index in [1.54, 1.807) is 35.1 Å². The van der Waals surface area contributed by atoms with Gasteiger partial charge in [0, 0.05) is 23.3 Å². The SMILES string of the molecule is Cc1c(C(=O)NC[C@@H](O)c2ccc(Cl)cc2)cnn1C(C)C. The molecule has 5 nitrogen and oxygen atoms in total. The number of halogens is 1. The smallest absolute Gasteiger partial charge is 0.254 e. The third-order valence-corrected chi connectivity index (χ3v) is 3.74. The van der Waals surface area contributed by atoms with Crippen LogP contribution in [0.25, 0.3) is 0 Å². The molecule has 1 atom stereocenters. The van der Waals surface area contributed by atoms with Crippen molar-refractivity contribution in [1.29, 1.82) is 0 Å². The number of hydrogen-bond donors (Lipinski definition) is 2. The second-order valence-electron chi connectivity index (χ2n) is 5.46. The van der Waals surface area contributed by atoms with E-state index < -0.39 is 6.10 Å². The first-order valence-electron chi connectivity index (χ1n) is 7.16. The van der Waals surface area contributed by atoms with Crippen molar-refractivity contribution in [3.63, 3.8) is 0 Å². The predicted molar refractivity (Wildman–Crippen MR) is 86.1 cm³/mol. The number of carbonyl (C=O) groups is 1. The Morgan fingerprint density at radius 1 is 1.36 bits per heavy atom. The van der Waals surface area contributed by atoms with E-state index in [0.717, 1.165) is 5.69 Å². The molecule has 0 unspecified atom stereocenters. The summed E-state index contributed by atoms with van der Waals surface area (Å²) in [6.07, 6.45) is 0.779. The van der Waals surface area contributed by atoms with E-state index in [0.29, 0.717) is 16.1 Å². The lowest BCUT2D eigenvalue weighted by Gasteiger charge is -2.13. The molecule has 1 heterocycles. The number of aliphatic hydroxyl groups is 1. The zero-order chi connectivity index (χ0) is 16.3. The van der Waals surface area contributed by atoms with Crippen LogP contribution in [0.5, 0.6) is 0 Å². The van der Waals surface area contributed by atoms with E-state index in [4.69, 9.17) is 11.6 Å². The second-order valence-corrected chi connectivity index (χ2v) is 5.90. The summed E-state index contributed by atoms with van der Waals surface area (Å²) in [6.45, 7) is 6.00. The highest BCUT2D eigenvalue weighted by Crippen LogP contribution is 2.16. The van der Waals surface area contributed by atoms with Crippen molar-refractivity contribution in [2.45, 2.75) is 32.9 Å². The molecule has 0 aliphatic heterocycles. The van der Waals surface area contributed by atoms with E-state index >= 15 is 0 Å². The molecule has 2 aromatic rings. The zero-order valence-corrected chi connectivity index (χ0v) is 13.6. The summed E-state index contributed by atoms with van der Waals surface area (Å²) in [5.41, 5.74) is 2.05. The number of nitrogens with zero attached hydrogens (tertiary/aromatic N) is 2. The van der Waals surface area contributed by atoms with Crippen molar-refractivity contribution in [3.8, 4) is 0 Å². The van der Waals surface area contributed by atoms with E-state index in [9.17, 15) is 9.90 Å². The first-order valence-corrected chi connectivity index (χ1v) is 7.53. The van der Waals surface area contributed by atoms with Crippen molar-refractivity contribution >= 4 is 17.5 Å². The topological polar surface area (TPSA) is 67.2 Å². The van der Waals surface area contributed by atoms with Gasteiger partial charge in [0.05, 0.1) is 17.9 Å². The number of benzene rings is 1. The van der Waals surface area contributed by atoms with E-state index in [2.05, 4.69) is 10.4 Å². The molecule has 2 rings (SSSR count). The molecule has 0 saturated carbocycles. The average molecular weight is 322 g/mol. The number of carbonyl (C=O) groups excluding carboxylic acids is 1. The normalized spacial score (nSPS) is 12.5. The number of nitrogens with one attached hydrogen (secondary N) is 1. The van der Waals surface area contributed by atoms with Gasteiger partial charge in [0.15, 0.2) is 0 Å². The average Bonchev–Trinajstić information content (AvgIpc) is 2.87. The Labute approximate surface area is 134 Å². The van der Waals surface area contributed by atoms with Crippen LogP contribution in [0.1, 0.15) is 47.6 Å². The molecule has 0 spiro atoms. The number of rotatable bonds is 5. The number of aliphatic hydroxyl groups excluding tert-OH is 1. The van der Waals surface area contributed by atoms with Crippen molar-refractivity contribution in [2.75, 3.05) is 6.54 Å². The van der Waals surface area contributed by atoms with Crippen molar-refractivity contribution in [2.24, 2.45) is 0 Å². The largest absolute Gasteiger partial charge is 0.387 e. The zero-order valence-electron chi connectivity index (χ0n) is 12.9. The highest BCUT2D eigenvalue weighted by molar-refractivity contribution is 6.30. The molecule has 0 fully saturated rings. The van der Waals surface area contributed by atoms with Crippen LogP contribution in [0, 0.1) is 6.92 Å². The minimum absolute atomic E-state index is 0.132. The van der Waals surface area contributed by atoms with Gasteiger partial charge in [-0.25, -0.2) is 0 Å². The molecular weight excluding hydrogens is 302 g/mol. The Kier molecular flexibility index (Phi) is 5.21. The summed E-state index contributed by atoms with van der Waals surface area (Å²) in [5.74, 6) is -0.239. The molecule has 118 valence electrons. The van der Waals surface area contributed by atoms with Gasteiger partial charge >= 0.3 is 0 Å². The summed E-state index contributed by atoms with van der Waals surface area (Å²) in [7, 11) is 0. The minimum Gasteiger partial charge on any atom is -0.387 e. The lowest BCUT2D eigenvalue weighted by Crippen LogP contribution is -2.28. The number of hydrogen-bond acceptors (Lipinski definition) is 3. The Bertz CT molecular complexity index is 650. The highest BCUT2D eigenvalue weighted by atomic mass is 35.5. The van der Waals surface area contributed by atoms with Gasteiger partial charge in [-0.15, -0.1) is 0 Å². The summed E-state index contributed by atoms with van der Waals surface area (Å²) in [6, 6.07) is 7.08. The quantitative estimate of drug-likeness (QED) is 0.889. The van der Waals surface area contributed by atoms with Gasteiger partial charge in [-0.05, 0) is 38.5 Å². The first kappa shape index (κ1) is 16.5. The van der Waals surface area contributed by atoms with Crippen molar-refractivity contribution < 1.29 is 9.90 Å². The van der Waals surface area contributed by atoms with Crippen LogP contribution in [-0.2, 0) is 0 Å². The molecule has 1 aromatic heterocycles. The molecule has 0 aliphatic carbocycles. The summed E-state index contributed by atoms with van der Waals surface area (Å²) < 4.78 is 1.80.